The Hall–Kier alpha value is -3.59. The smallest absolute Gasteiger partial charge is 0.338 e. The number of hydrogen-bond acceptors (Lipinski definition) is 8. The van der Waals surface area contributed by atoms with E-state index < -0.39 is 12.0 Å². The van der Waals surface area contributed by atoms with Crippen molar-refractivity contribution in [3.8, 4) is 5.75 Å². The average Bonchev–Trinajstić information content (AvgIpc) is 3.24. The van der Waals surface area contributed by atoms with E-state index >= 15 is 0 Å². The fourth-order valence-corrected chi connectivity index (χ4v) is 4.82. The molecule has 2 aliphatic rings. The maximum atomic E-state index is 13.0. The fourth-order valence-electron chi connectivity index (χ4n) is 3.86. The topological polar surface area (TPSA) is 93.1 Å². The minimum Gasteiger partial charge on any atom is -0.497 e. The van der Waals surface area contributed by atoms with Crippen molar-refractivity contribution in [2.24, 2.45) is 4.99 Å². The predicted molar refractivity (Wildman–Crippen MR) is 131 cm³/mol. The molecule has 0 spiro atoms. The molecule has 2 aromatic rings. The van der Waals surface area contributed by atoms with Gasteiger partial charge >= 0.3 is 5.97 Å². The summed E-state index contributed by atoms with van der Waals surface area (Å²) < 4.78 is 10.7. The highest BCUT2D eigenvalue weighted by Gasteiger charge is 2.41. The molecule has 0 radical (unpaired) electrons. The first-order chi connectivity index (χ1) is 16.5. The molecule has 0 bridgehead atoms. The first-order valence-electron chi connectivity index (χ1n) is 10.9. The van der Waals surface area contributed by atoms with Crippen LogP contribution in [0.15, 0.2) is 76.0 Å². The maximum Gasteiger partial charge on any atom is 0.338 e. The summed E-state index contributed by atoms with van der Waals surface area (Å²) in [5.74, 6) is 0.156. The van der Waals surface area contributed by atoms with E-state index in [0.29, 0.717) is 23.6 Å². The van der Waals surface area contributed by atoms with Crippen LogP contribution in [0.3, 0.4) is 0 Å². The summed E-state index contributed by atoms with van der Waals surface area (Å²) in [6, 6.07) is 12.6. The number of benzene rings is 1. The van der Waals surface area contributed by atoms with Crippen LogP contribution in [0.1, 0.15) is 37.6 Å². The van der Waals surface area contributed by atoms with Gasteiger partial charge in [0.15, 0.2) is 5.17 Å². The Balaban J connectivity index is 1.61. The lowest BCUT2D eigenvalue weighted by molar-refractivity contribution is -0.139. The van der Waals surface area contributed by atoms with Crippen molar-refractivity contribution in [2.45, 2.75) is 32.9 Å². The number of hydrogen-bond donors (Lipinski definition) is 1. The highest BCUT2D eigenvalue weighted by atomic mass is 32.2. The number of nitrogens with zero attached hydrogens (tertiary/aromatic N) is 3. The van der Waals surface area contributed by atoms with Gasteiger partial charge in [-0.15, -0.1) is 0 Å². The Kier molecular flexibility index (Phi) is 7.32. The van der Waals surface area contributed by atoms with Gasteiger partial charge in [0.2, 0.25) is 5.91 Å². The van der Waals surface area contributed by atoms with E-state index in [1.807, 2.05) is 59.7 Å². The van der Waals surface area contributed by atoms with Crippen LogP contribution >= 0.6 is 11.8 Å². The third-order valence-electron chi connectivity index (χ3n) is 5.46. The molecular weight excluding hydrogens is 452 g/mol. The molecule has 0 fully saturated rings. The molecule has 34 heavy (non-hydrogen) atoms. The number of amides is 1. The van der Waals surface area contributed by atoms with Gasteiger partial charge in [0.05, 0.1) is 49.7 Å². The molecule has 0 unspecified atom stereocenters. The second-order valence-electron chi connectivity index (χ2n) is 7.66. The minimum absolute atomic E-state index is 0.140. The Morgan fingerprint density at radius 3 is 2.65 bits per heavy atom. The Bertz CT molecular complexity index is 1160. The number of carbonyl (C=O) groups is 2. The van der Waals surface area contributed by atoms with E-state index in [-0.39, 0.29) is 18.9 Å². The van der Waals surface area contributed by atoms with Crippen LogP contribution in [0.4, 0.5) is 0 Å². The number of methoxy groups -OCH3 is 1. The van der Waals surface area contributed by atoms with Crippen molar-refractivity contribution < 1.29 is 19.1 Å². The molecular formula is C25H26N4O4S. The predicted octanol–water partition coefficient (Wildman–Crippen LogP) is 3.93. The molecule has 1 aromatic carbocycles. The maximum absolute atomic E-state index is 13.0. The van der Waals surface area contributed by atoms with Gasteiger partial charge in [-0.25, -0.2) is 9.79 Å². The van der Waals surface area contributed by atoms with Crippen molar-refractivity contribution in [1.29, 1.82) is 0 Å². The van der Waals surface area contributed by atoms with Crippen molar-refractivity contribution in [1.82, 2.24) is 15.2 Å². The monoisotopic (exact) mass is 478 g/mol. The summed E-state index contributed by atoms with van der Waals surface area (Å²) in [4.78, 5) is 36.6. The number of nitrogens with one attached hydrogen (secondary N) is 1. The fraction of sp³-hybridized carbons (Fsp3) is 0.280. The number of thioether (sulfide) groups is 1. The Labute approximate surface area is 202 Å². The van der Waals surface area contributed by atoms with E-state index in [1.54, 1.807) is 20.2 Å². The number of pyridine rings is 1. The summed E-state index contributed by atoms with van der Waals surface area (Å²) in [6.45, 7) is 4.19. The van der Waals surface area contributed by atoms with E-state index in [2.05, 4.69) is 15.3 Å². The van der Waals surface area contributed by atoms with Gasteiger partial charge < -0.3 is 19.7 Å². The molecule has 0 saturated heterocycles. The Morgan fingerprint density at radius 1 is 1.18 bits per heavy atom. The zero-order chi connectivity index (χ0) is 24.1. The zero-order valence-corrected chi connectivity index (χ0v) is 20.1. The van der Waals surface area contributed by atoms with Gasteiger partial charge in [-0.2, -0.15) is 0 Å². The second kappa shape index (κ2) is 10.6. The van der Waals surface area contributed by atoms with Crippen LogP contribution in [0.2, 0.25) is 0 Å². The summed E-state index contributed by atoms with van der Waals surface area (Å²) in [5, 5.41) is 5.55. The second-order valence-corrected chi connectivity index (χ2v) is 8.50. The summed E-state index contributed by atoms with van der Waals surface area (Å²) in [6.07, 6.45) is 1.83. The van der Waals surface area contributed by atoms with Crippen molar-refractivity contribution in [2.75, 3.05) is 13.7 Å². The Morgan fingerprint density at radius 2 is 1.97 bits per heavy atom. The number of carbonyl (C=O) groups excluding carboxylic acids is 2. The van der Waals surface area contributed by atoms with Gasteiger partial charge in [0.1, 0.15) is 5.75 Å². The largest absolute Gasteiger partial charge is 0.497 e. The van der Waals surface area contributed by atoms with Gasteiger partial charge in [-0.1, -0.05) is 30.0 Å². The number of aromatic nitrogens is 1. The minimum atomic E-state index is -0.470. The van der Waals surface area contributed by atoms with Crippen LogP contribution in [-0.2, 0) is 20.9 Å². The molecule has 1 amide bonds. The summed E-state index contributed by atoms with van der Waals surface area (Å²) in [7, 11) is 1.61. The van der Waals surface area contributed by atoms with E-state index in [0.717, 1.165) is 22.1 Å². The third-order valence-corrected chi connectivity index (χ3v) is 6.35. The van der Waals surface area contributed by atoms with Crippen LogP contribution in [0.25, 0.3) is 0 Å². The molecule has 1 aromatic heterocycles. The van der Waals surface area contributed by atoms with Crippen LogP contribution in [-0.4, -0.2) is 40.6 Å². The van der Waals surface area contributed by atoms with Gasteiger partial charge in [0, 0.05) is 11.9 Å². The van der Waals surface area contributed by atoms with Crippen molar-refractivity contribution in [3.63, 3.8) is 0 Å². The molecule has 4 rings (SSSR count). The number of aliphatic imine (C=N–C) groups is 1. The van der Waals surface area contributed by atoms with Crippen molar-refractivity contribution >= 4 is 28.8 Å². The quantitative estimate of drug-likeness (QED) is 0.575. The number of ether oxygens (including phenoxy) is 2. The van der Waals surface area contributed by atoms with Gasteiger partial charge in [0.25, 0.3) is 0 Å². The van der Waals surface area contributed by atoms with Gasteiger partial charge in [-0.3, -0.25) is 9.78 Å². The molecule has 8 nitrogen and oxygen atoms in total. The third kappa shape index (κ3) is 4.99. The number of fused-ring (bicyclic) bond motifs is 1. The first kappa shape index (κ1) is 23.6. The summed E-state index contributed by atoms with van der Waals surface area (Å²) in [5.41, 5.74) is 3.48. The first-order valence-corrected chi connectivity index (χ1v) is 11.8. The lowest BCUT2D eigenvalue weighted by Gasteiger charge is -2.36. The normalized spacial score (nSPS) is 17.0. The molecule has 0 saturated carbocycles. The lowest BCUT2D eigenvalue weighted by atomic mass is 9.93. The number of allylic oxidation sites excluding steroid dienone is 1. The molecule has 0 aliphatic carbocycles. The van der Waals surface area contributed by atoms with Crippen LogP contribution in [0, 0.1) is 0 Å². The molecule has 2 aliphatic heterocycles. The van der Waals surface area contributed by atoms with E-state index in [9.17, 15) is 9.59 Å². The zero-order valence-electron chi connectivity index (χ0n) is 19.3. The van der Waals surface area contributed by atoms with Gasteiger partial charge in [-0.05, 0) is 49.1 Å². The number of amidine groups is 1. The van der Waals surface area contributed by atoms with Crippen LogP contribution in [0.5, 0.6) is 5.75 Å². The number of rotatable bonds is 8. The average molecular weight is 479 g/mol. The molecule has 176 valence electrons. The molecule has 1 N–H and O–H groups in total. The highest BCUT2D eigenvalue weighted by molar-refractivity contribution is 8.16. The van der Waals surface area contributed by atoms with E-state index in [1.165, 1.54) is 11.8 Å². The lowest BCUT2D eigenvalue weighted by Crippen LogP contribution is -2.38. The number of esters is 1. The summed E-state index contributed by atoms with van der Waals surface area (Å²) >= 11 is 1.44. The highest BCUT2D eigenvalue weighted by Crippen LogP contribution is 2.45. The molecule has 3 heterocycles. The molecule has 9 heteroatoms. The van der Waals surface area contributed by atoms with E-state index in [4.69, 9.17) is 9.47 Å². The standard InChI is InChI=1S/C25H26N4O4S/c1-4-33-24(31)22-16(2)28-25-29(23(22)17-8-10-20(32-3)11-9-17)19(15-34-25)13-21(30)27-14-18-7-5-6-12-26-18/h5-12,15,23H,4,13-14H2,1-3H3,(H,27,30)/t23-/m1/s1. The van der Waals surface area contributed by atoms with Crippen LogP contribution < -0.4 is 10.1 Å². The molecule has 1 atom stereocenters. The van der Waals surface area contributed by atoms with Crippen molar-refractivity contribution in [3.05, 3.63) is 82.3 Å². The SMILES string of the molecule is CCOC(=O)C1=C(C)N=C2SC=C(CC(=O)NCc3ccccn3)N2[C@@H]1c1ccc(OC)cc1.